The second-order valence-corrected chi connectivity index (χ2v) is 5.11. The van der Waals surface area contributed by atoms with Crippen LogP contribution in [0.2, 0.25) is 5.02 Å². The molecule has 0 aliphatic heterocycles. The average molecular weight is 280 g/mol. The van der Waals surface area contributed by atoms with Crippen LogP contribution in [-0.4, -0.2) is 16.5 Å². The normalized spacial score (nSPS) is 10.6. The van der Waals surface area contributed by atoms with Crippen molar-refractivity contribution in [3.8, 4) is 0 Å². The van der Waals surface area contributed by atoms with E-state index in [1.807, 2.05) is 24.3 Å². The first-order chi connectivity index (χ1) is 8.79. The highest BCUT2D eigenvalue weighted by atomic mass is 35.5. The van der Waals surface area contributed by atoms with Crippen LogP contribution in [0.25, 0.3) is 0 Å². The molecule has 0 saturated heterocycles. The number of nitrogens with zero attached hydrogens (tertiary/aromatic N) is 2. The molecule has 1 N–H and O–H groups in total. The molecular weight excluding hydrogens is 266 g/mol. The number of hydrogen-bond donors (Lipinski definition) is 1. The Balaban J connectivity index is 2.22. The molecule has 5 heteroatoms. The minimum atomic E-state index is 0.730. The minimum Gasteiger partial charge on any atom is -0.313 e. The summed E-state index contributed by atoms with van der Waals surface area (Å²) >= 11 is 7.57. The molecule has 0 fully saturated rings. The zero-order chi connectivity index (χ0) is 12.8. The molecule has 0 aliphatic rings. The van der Waals surface area contributed by atoms with Gasteiger partial charge in [-0.1, -0.05) is 24.6 Å². The third kappa shape index (κ3) is 3.70. The van der Waals surface area contributed by atoms with Crippen LogP contribution in [0.4, 0.5) is 0 Å². The van der Waals surface area contributed by atoms with Gasteiger partial charge in [0.1, 0.15) is 0 Å². The molecule has 3 nitrogen and oxygen atoms in total. The molecule has 0 aliphatic carbocycles. The predicted molar refractivity (Wildman–Crippen MR) is 75.0 cm³/mol. The Morgan fingerprint density at radius 1 is 1.28 bits per heavy atom. The zero-order valence-corrected chi connectivity index (χ0v) is 11.6. The van der Waals surface area contributed by atoms with Crippen LogP contribution >= 0.6 is 23.4 Å². The number of aromatic nitrogens is 2. The van der Waals surface area contributed by atoms with E-state index in [9.17, 15) is 0 Å². The zero-order valence-electron chi connectivity index (χ0n) is 10.1. The minimum absolute atomic E-state index is 0.730. The molecule has 2 aromatic rings. The number of benzene rings is 1. The lowest BCUT2D eigenvalue weighted by Crippen LogP contribution is -2.12. The standard InChI is InChI=1S/C13H14ClN3S/c1-2-15-9-10-4-5-11(14)8-12(10)18-13-16-6-3-7-17-13/h3-8,15H,2,9H2,1H3. The third-order valence-electron chi connectivity index (χ3n) is 2.34. The summed E-state index contributed by atoms with van der Waals surface area (Å²) < 4.78 is 0. The van der Waals surface area contributed by atoms with Crippen molar-refractivity contribution in [2.45, 2.75) is 23.5 Å². The lowest BCUT2D eigenvalue weighted by Gasteiger charge is -2.09. The van der Waals surface area contributed by atoms with Crippen LogP contribution in [-0.2, 0) is 6.54 Å². The van der Waals surface area contributed by atoms with Crippen molar-refractivity contribution < 1.29 is 0 Å². The first kappa shape index (κ1) is 13.3. The van der Waals surface area contributed by atoms with Crippen molar-refractivity contribution >= 4 is 23.4 Å². The van der Waals surface area contributed by atoms with Crippen LogP contribution in [0.5, 0.6) is 0 Å². The Labute approximate surface area is 116 Å². The van der Waals surface area contributed by atoms with Crippen molar-refractivity contribution in [2.24, 2.45) is 0 Å². The van der Waals surface area contributed by atoms with Crippen LogP contribution in [0.3, 0.4) is 0 Å². The third-order valence-corrected chi connectivity index (χ3v) is 3.57. The largest absolute Gasteiger partial charge is 0.313 e. The summed E-state index contributed by atoms with van der Waals surface area (Å²) in [5.41, 5.74) is 1.21. The number of rotatable bonds is 5. The molecule has 0 saturated carbocycles. The first-order valence-corrected chi connectivity index (χ1v) is 6.93. The predicted octanol–water partition coefficient (Wildman–Crippen LogP) is 3.39. The summed E-state index contributed by atoms with van der Waals surface area (Å²) in [5.74, 6) is 0. The summed E-state index contributed by atoms with van der Waals surface area (Å²) in [4.78, 5) is 9.52. The van der Waals surface area contributed by atoms with E-state index in [4.69, 9.17) is 11.6 Å². The fraction of sp³-hybridized carbons (Fsp3) is 0.231. The molecule has 1 aromatic carbocycles. The Hall–Kier alpha value is -1.10. The van der Waals surface area contributed by atoms with E-state index in [1.54, 1.807) is 12.4 Å². The van der Waals surface area contributed by atoms with Gasteiger partial charge >= 0.3 is 0 Å². The van der Waals surface area contributed by atoms with Crippen LogP contribution < -0.4 is 5.32 Å². The molecule has 0 unspecified atom stereocenters. The summed E-state index contributed by atoms with van der Waals surface area (Å²) in [6.07, 6.45) is 3.48. The van der Waals surface area contributed by atoms with Crippen LogP contribution in [0.15, 0.2) is 46.7 Å². The van der Waals surface area contributed by atoms with E-state index >= 15 is 0 Å². The molecule has 94 valence electrons. The summed E-state index contributed by atoms with van der Waals surface area (Å²) in [6, 6.07) is 7.71. The van der Waals surface area contributed by atoms with Gasteiger partial charge in [0.25, 0.3) is 0 Å². The molecule has 0 spiro atoms. The fourth-order valence-electron chi connectivity index (χ4n) is 1.47. The Morgan fingerprint density at radius 3 is 2.78 bits per heavy atom. The van der Waals surface area contributed by atoms with Gasteiger partial charge in [0.15, 0.2) is 5.16 Å². The second-order valence-electron chi connectivity index (χ2n) is 3.67. The highest BCUT2D eigenvalue weighted by molar-refractivity contribution is 7.99. The first-order valence-electron chi connectivity index (χ1n) is 5.73. The Morgan fingerprint density at radius 2 is 2.06 bits per heavy atom. The topological polar surface area (TPSA) is 37.8 Å². The van der Waals surface area contributed by atoms with E-state index in [0.717, 1.165) is 28.2 Å². The number of hydrogen-bond acceptors (Lipinski definition) is 4. The van der Waals surface area contributed by atoms with E-state index < -0.39 is 0 Å². The lowest BCUT2D eigenvalue weighted by molar-refractivity contribution is 0.718. The smallest absolute Gasteiger partial charge is 0.192 e. The molecular formula is C13H14ClN3S. The van der Waals surface area contributed by atoms with Crippen LogP contribution in [0, 0.1) is 0 Å². The van der Waals surface area contributed by atoms with E-state index in [-0.39, 0.29) is 0 Å². The molecule has 0 atom stereocenters. The van der Waals surface area contributed by atoms with E-state index in [0.29, 0.717) is 0 Å². The second kappa shape index (κ2) is 6.73. The van der Waals surface area contributed by atoms with Gasteiger partial charge in [-0.25, -0.2) is 9.97 Å². The van der Waals surface area contributed by atoms with Crippen molar-refractivity contribution in [3.63, 3.8) is 0 Å². The maximum atomic E-state index is 6.04. The van der Waals surface area contributed by atoms with Crippen molar-refractivity contribution in [1.29, 1.82) is 0 Å². The molecule has 0 radical (unpaired) electrons. The average Bonchev–Trinajstić information content (AvgIpc) is 2.39. The van der Waals surface area contributed by atoms with Crippen molar-refractivity contribution in [2.75, 3.05) is 6.54 Å². The summed E-state index contributed by atoms with van der Waals surface area (Å²) in [5, 5.41) is 4.78. The number of nitrogens with one attached hydrogen (secondary N) is 1. The van der Waals surface area contributed by atoms with E-state index in [1.165, 1.54) is 17.3 Å². The molecule has 0 bridgehead atoms. The van der Waals surface area contributed by atoms with Crippen LogP contribution in [0.1, 0.15) is 12.5 Å². The SMILES string of the molecule is CCNCc1ccc(Cl)cc1Sc1ncccn1. The van der Waals surface area contributed by atoms with Gasteiger partial charge in [-0.2, -0.15) is 0 Å². The quantitative estimate of drug-likeness (QED) is 0.852. The highest BCUT2D eigenvalue weighted by Gasteiger charge is 2.06. The Kier molecular flexibility index (Phi) is 4.99. The van der Waals surface area contributed by atoms with Gasteiger partial charge in [-0.3, -0.25) is 0 Å². The monoisotopic (exact) mass is 279 g/mol. The van der Waals surface area contributed by atoms with Gasteiger partial charge < -0.3 is 5.32 Å². The molecule has 18 heavy (non-hydrogen) atoms. The summed E-state index contributed by atoms with van der Waals surface area (Å²) in [6.45, 7) is 3.85. The maximum absolute atomic E-state index is 6.04. The highest BCUT2D eigenvalue weighted by Crippen LogP contribution is 2.30. The molecule has 1 aromatic heterocycles. The Bertz CT molecular complexity index is 505. The molecule has 1 heterocycles. The van der Waals surface area contributed by atoms with Gasteiger partial charge in [-0.05, 0) is 42.1 Å². The summed E-state index contributed by atoms with van der Waals surface area (Å²) in [7, 11) is 0. The van der Waals surface area contributed by atoms with E-state index in [2.05, 4.69) is 22.2 Å². The number of halogens is 1. The van der Waals surface area contributed by atoms with Gasteiger partial charge in [0, 0.05) is 28.9 Å². The molecule has 2 rings (SSSR count). The van der Waals surface area contributed by atoms with Gasteiger partial charge in [0.05, 0.1) is 0 Å². The molecule has 0 amide bonds. The maximum Gasteiger partial charge on any atom is 0.192 e. The lowest BCUT2D eigenvalue weighted by atomic mass is 10.2. The van der Waals surface area contributed by atoms with Gasteiger partial charge in [-0.15, -0.1) is 0 Å². The van der Waals surface area contributed by atoms with Gasteiger partial charge in [0.2, 0.25) is 0 Å². The van der Waals surface area contributed by atoms with Crippen molar-refractivity contribution in [1.82, 2.24) is 15.3 Å². The van der Waals surface area contributed by atoms with Crippen molar-refractivity contribution in [3.05, 3.63) is 47.2 Å². The fourth-order valence-corrected chi connectivity index (χ4v) is 2.58.